The first-order chi connectivity index (χ1) is 9.88. The van der Waals surface area contributed by atoms with Gasteiger partial charge in [0, 0.05) is 11.8 Å². The predicted octanol–water partition coefficient (Wildman–Crippen LogP) is 3.09. The molecule has 0 fully saturated rings. The van der Waals surface area contributed by atoms with Gasteiger partial charge in [-0.25, -0.2) is 26.9 Å². The van der Waals surface area contributed by atoms with Crippen LogP contribution in [0.25, 0.3) is 11.1 Å². The quantitative estimate of drug-likeness (QED) is 0.526. The molecular formula is C13H6F5N3. The number of nitrogen functional groups attached to an aromatic ring is 1. The number of hydrogen-bond donors (Lipinski definition) is 1. The van der Waals surface area contributed by atoms with E-state index in [4.69, 9.17) is 11.0 Å². The van der Waals surface area contributed by atoms with Crippen LogP contribution in [0.4, 0.5) is 27.8 Å². The van der Waals surface area contributed by atoms with Crippen LogP contribution >= 0.6 is 0 Å². The van der Waals surface area contributed by atoms with Gasteiger partial charge in [0.05, 0.1) is 18.1 Å². The molecule has 2 N–H and O–H groups in total. The lowest BCUT2D eigenvalue weighted by Crippen LogP contribution is -2.06. The van der Waals surface area contributed by atoms with Crippen molar-refractivity contribution < 1.29 is 22.0 Å². The van der Waals surface area contributed by atoms with E-state index in [1.54, 1.807) is 6.07 Å². The summed E-state index contributed by atoms with van der Waals surface area (Å²) in [6.45, 7) is 0. The molecule has 0 atom stereocenters. The van der Waals surface area contributed by atoms with Crippen molar-refractivity contribution in [1.29, 1.82) is 5.26 Å². The summed E-state index contributed by atoms with van der Waals surface area (Å²) in [5, 5.41) is 8.67. The highest BCUT2D eigenvalue weighted by Crippen LogP contribution is 2.33. The Kier molecular flexibility index (Phi) is 3.76. The highest BCUT2D eigenvalue weighted by atomic mass is 19.2. The Balaban J connectivity index is 2.83. The molecule has 21 heavy (non-hydrogen) atoms. The maximum Gasteiger partial charge on any atom is 0.200 e. The molecule has 0 radical (unpaired) electrons. The van der Waals surface area contributed by atoms with Crippen LogP contribution in [0, 0.1) is 40.4 Å². The van der Waals surface area contributed by atoms with E-state index < -0.39 is 34.6 Å². The fraction of sp³-hybridized carbons (Fsp3) is 0.0769. The average Bonchev–Trinajstić information content (AvgIpc) is 2.46. The van der Waals surface area contributed by atoms with Crippen molar-refractivity contribution in [2.75, 3.05) is 5.73 Å². The predicted molar refractivity (Wildman–Crippen MR) is 63.2 cm³/mol. The molecule has 0 aliphatic carbocycles. The molecule has 0 spiro atoms. The van der Waals surface area contributed by atoms with Crippen LogP contribution < -0.4 is 5.73 Å². The van der Waals surface area contributed by atoms with E-state index in [1.165, 1.54) is 0 Å². The van der Waals surface area contributed by atoms with E-state index in [9.17, 15) is 22.0 Å². The number of nitrogens with zero attached hydrogens (tertiary/aromatic N) is 2. The fourth-order valence-corrected chi connectivity index (χ4v) is 1.81. The van der Waals surface area contributed by atoms with Crippen LogP contribution in [0.15, 0.2) is 12.3 Å². The molecule has 8 heteroatoms. The third-order valence-electron chi connectivity index (χ3n) is 2.76. The van der Waals surface area contributed by atoms with E-state index in [2.05, 4.69) is 4.98 Å². The molecule has 0 saturated carbocycles. The average molecular weight is 299 g/mol. The van der Waals surface area contributed by atoms with Gasteiger partial charge in [-0.1, -0.05) is 0 Å². The zero-order valence-corrected chi connectivity index (χ0v) is 10.2. The second-order valence-corrected chi connectivity index (χ2v) is 4.05. The van der Waals surface area contributed by atoms with Gasteiger partial charge >= 0.3 is 0 Å². The summed E-state index contributed by atoms with van der Waals surface area (Å²) in [6, 6.07) is 2.85. The van der Waals surface area contributed by atoms with Crippen molar-refractivity contribution in [2.24, 2.45) is 0 Å². The van der Waals surface area contributed by atoms with Crippen molar-refractivity contribution in [2.45, 2.75) is 6.42 Å². The number of pyridine rings is 1. The van der Waals surface area contributed by atoms with Gasteiger partial charge in [0.15, 0.2) is 23.3 Å². The first kappa shape index (κ1) is 14.7. The molecule has 2 rings (SSSR count). The van der Waals surface area contributed by atoms with Gasteiger partial charge in [-0.05, 0) is 11.6 Å². The van der Waals surface area contributed by atoms with E-state index >= 15 is 0 Å². The number of aromatic nitrogens is 1. The number of anilines is 1. The SMILES string of the molecule is N#CCc1cc(N)ncc1-c1c(F)c(F)c(F)c(F)c1F. The molecule has 0 amide bonds. The Morgan fingerprint density at radius 2 is 1.52 bits per heavy atom. The monoisotopic (exact) mass is 299 g/mol. The molecule has 1 heterocycles. The number of rotatable bonds is 2. The van der Waals surface area contributed by atoms with Gasteiger partial charge in [-0.2, -0.15) is 5.26 Å². The van der Waals surface area contributed by atoms with Crippen LogP contribution in [0.3, 0.4) is 0 Å². The molecule has 108 valence electrons. The third-order valence-corrected chi connectivity index (χ3v) is 2.76. The van der Waals surface area contributed by atoms with Crippen LogP contribution in [-0.2, 0) is 6.42 Å². The van der Waals surface area contributed by atoms with Crippen LogP contribution in [0.2, 0.25) is 0 Å². The highest BCUT2D eigenvalue weighted by molar-refractivity contribution is 5.70. The van der Waals surface area contributed by atoms with Crippen molar-refractivity contribution in [3.05, 3.63) is 46.9 Å². The van der Waals surface area contributed by atoms with Gasteiger partial charge in [-0.3, -0.25) is 0 Å². The minimum atomic E-state index is -2.25. The number of hydrogen-bond acceptors (Lipinski definition) is 3. The molecule has 2 aromatic rings. The van der Waals surface area contributed by atoms with E-state index in [1.807, 2.05) is 0 Å². The Labute approximate surface area is 115 Å². The largest absolute Gasteiger partial charge is 0.384 e. The molecule has 0 saturated heterocycles. The van der Waals surface area contributed by atoms with Crippen LogP contribution in [0.1, 0.15) is 5.56 Å². The van der Waals surface area contributed by atoms with Crippen molar-refractivity contribution in [1.82, 2.24) is 4.98 Å². The van der Waals surface area contributed by atoms with E-state index in [-0.39, 0.29) is 23.4 Å². The maximum absolute atomic E-state index is 13.7. The van der Waals surface area contributed by atoms with E-state index in [0.717, 1.165) is 12.3 Å². The fourth-order valence-electron chi connectivity index (χ4n) is 1.81. The summed E-state index contributed by atoms with van der Waals surface area (Å²) < 4.78 is 66.9. The second-order valence-electron chi connectivity index (χ2n) is 4.05. The van der Waals surface area contributed by atoms with Gasteiger partial charge in [-0.15, -0.1) is 0 Å². The third kappa shape index (κ3) is 2.38. The summed E-state index contributed by atoms with van der Waals surface area (Å²) in [5.41, 5.74) is 3.88. The van der Waals surface area contributed by atoms with E-state index in [0.29, 0.717) is 0 Å². The Hall–Kier alpha value is -2.69. The minimum absolute atomic E-state index is 0.00760. The number of nitrogens with two attached hydrogens (primary N) is 1. The molecular weight excluding hydrogens is 293 g/mol. The zero-order valence-electron chi connectivity index (χ0n) is 10.2. The first-order valence-electron chi connectivity index (χ1n) is 5.51. The molecule has 1 aromatic heterocycles. The molecule has 1 aromatic carbocycles. The smallest absolute Gasteiger partial charge is 0.200 e. The highest BCUT2D eigenvalue weighted by Gasteiger charge is 2.27. The summed E-state index contributed by atoms with van der Waals surface area (Å²) in [4.78, 5) is 3.56. The lowest BCUT2D eigenvalue weighted by molar-refractivity contribution is 0.381. The van der Waals surface area contributed by atoms with Crippen LogP contribution in [0.5, 0.6) is 0 Å². The Morgan fingerprint density at radius 3 is 2.05 bits per heavy atom. The van der Waals surface area contributed by atoms with Gasteiger partial charge < -0.3 is 5.73 Å². The Morgan fingerprint density at radius 1 is 1.00 bits per heavy atom. The lowest BCUT2D eigenvalue weighted by Gasteiger charge is -2.11. The molecule has 3 nitrogen and oxygen atoms in total. The normalized spacial score (nSPS) is 10.5. The summed E-state index contributed by atoms with van der Waals surface area (Å²) in [6.07, 6.45) is 0.530. The Bertz CT molecular complexity index is 738. The number of benzene rings is 1. The van der Waals surface area contributed by atoms with Crippen molar-refractivity contribution in [3.8, 4) is 17.2 Å². The lowest BCUT2D eigenvalue weighted by atomic mass is 9.98. The molecule has 0 aliphatic rings. The zero-order chi connectivity index (χ0) is 15.7. The summed E-state index contributed by atoms with van der Waals surface area (Å²) >= 11 is 0. The molecule has 0 aliphatic heterocycles. The summed E-state index contributed by atoms with van der Waals surface area (Å²) in [5.74, 6) is -10.4. The molecule has 0 bridgehead atoms. The maximum atomic E-state index is 13.7. The topological polar surface area (TPSA) is 62.7 Å². The van der Waals surface area contributed by atoms with Gasteiger partial charge in [0.25, 0.3) is 0 Å². The molecule has 0 unspecified atom stereocenters. The van der Waals surface area contributed by atoms with Gasteiger partial charge in [0.1, 0.15) is 5.82 Å². The second kappa shape index (κ2) is 5.36. The number of nitriles is 1. The first-order valence-corrected chi connectivity index (χ1v) is 5.51. The minimum Gasteiger partial charge on any atom is -0.384 e. The summed E-state index contributed by atoms with van der Waals surface area (Å²) in [7, 11) is 0. The standard InChI is InChI=1S/C13H6F5N3/c14-9-8(10(15)12(17)13(18)11(9)16)6-4-21-7(20)3-5(6)1-2-19/h3-4H,1H2,(H2,20,21). The van der Waals surface area contributed by atoms with Gasteiger partial charge in [0.2, 0.25) is 5.82 Å². The van der Waals surface area contributed by atoms with Crippen molar-refractivity contribution in [3.63, 3.8) is 0 Å². The number of halogens is 5. The van der Waals surface area contributed by atoms with Crippen molar-refractivity contribution >= 4 is 5.82 Å². The van der Waals surface area contributed by atoms with Crippen LogP contribution in [-0.4, -0.2) is 4.98 Å².